The molecule has 0 aliphatic carbocycles. The second kappa shape index (κ2) is 10.7. The Balaban J connectivity index is 1.32. The maximum Gasteiger partial charge on any atom is 0.258 e. The molecule has 1 aromatic heterocycles. The van der Waals surface area contributed by atoms with E-state index in [1.165, 1.54) is 28.6 Å². The monoisotopic (exact) mass is 554 g/mol. The van der Waals surface area contributed by atoms with Crippen molar-refractivity contribution in [3.63, 3.8) is 0 Å². The van der Waals surface area contributed by atoms with E-state index in [-0.39, 0.29) is 11.4 Å². The molecule has 10 heteroatoms. The number of hydrazone groups is 1. The highest BCUT2D eigenvalue weighted by Crippen LogP contribution is 2.27. The summed E-state index contributed by atoms with van der Waals surface area (Å²) in [4.78, 5) is 13.1. The number of fused-ring (bicyclic) bond motifs is 1. The van der Waals surface area contributed by atoms with Crippen LogP contribution in [0.4, 0.5) is 0 Å². The maximum atomic E-state index is 13.1. The molecule has 190 valence electrons. The van der Waals surface area contributed by atoms with Gasteiger partial charge in [0.25, 0.3) is 5.91 Å². The SMILES string of the molecule is O=C(N/N=C\c1cn(Cc2ccc(Cl)cc2)c2ccccc12)[C@H]1CCCN1S(=O)(=O)c1ccc(Cl)cc1. The molecular formula is C27H24Cl2N4O3S. The number of para-hydroxylation sites is 1. The Labute approximate surface area is 225 Å². The first kappa shape index (κ1) is 25.5. The van der Waals surface area contributed by atoms with Crippen molar-refractivity contribution >= 4 is 56.2 Å². The van der Waals surface area contributed by atoms with Gasteiger partial charge in [0.1, 0.15) is 6.04 Å². The van der Waals surface area contributed by atoms with E-state index in [0.717, 1.165) is 22.0 Å². The van der Waals surface area contributed by atoms with Gasteiger partial charge in [0.05, 0.1) is 11.1 Å². The molecule has 0 spiro atoms. The Hall–Kier alpha value is -3.17. The molecule has 1 aliphatic rings. The molecule has 37 heavy (non-hydrogen) atoms. The van der Waals surface area contributed by atoms with Gasteiger partial charge in [-0.1, -0.05) is 53.5 Å². The minimum absolute atomic E-state index is 0.105. The largest absolute Gasteiger partial charge is 0.342 e. The van der Waals surface area contributed by atoms with Crippen LogP contribution in [-0.4, -0.2) is 42.0 Å². The molecule has 1 fully saturated rings. The standard InChI is InChI=1S/C27H24Cl2N4O3S/c28-21-9-7-19(8-10-21)17-32-18-20(24-4-1-2-5-25(24)32)16-30-31-27(34)26-6-3-15-33(26)37(35,36)23-13-11-22(29)12-14-23/h1-2,4-5,7-14,16,18,26H,3,6,15,17H2,(H,31,34)/b30-16-/t26-/m1/s1. The van der Waals surface area contributed by atoms with Gasteiger partial charge >= 0.3 is 0 Å². The molecule has 1 saturated heterocycles. The molecule has 2 heterocycles. The van der Waals surface area contributed by atoms with Crippen LogP contribution in [0.5, 0.6) is 0 Å². The third kappa shape index (κ3) is 5.43. The number of rotatable bonds is 7. The van der Waals surface area contributed by atoms with Crippen LogP contribution in [0.1, 0.15) is 24.0 Å². The molecule has 5 rings (SSSR count). The number of hydrogen-bond acceptors (Lipinski definition) is 4. The summed E-state index contributed by atoms with van der Waals surface area (Å²) in [5.41, 5.74) is 5.51. The van der Waals surface area contributed by atoms with Crippen LogP contribution in [-0.2, 0) is 21.4 Å². The van der Waals surface area contributed by atoms with Gasteiger partial charge in [-0.3, -0.25) is 4.79 Å². The van der Waals surface area contributed by atoms with Crippen molar-refractivity contribution in [1.82, 2.24) is 14.3 Å². The van der Waals surface area contributed by atoms with Gasteiger partial charge in [-0.15, -0.1) is 0 Å². The first-order valence-corrected chi connectivity index (χ1v) is 14.0. The first-order chi connectivity index (χ1) is 17.8. The van der Waals surface area contributed by atoms with Gasteiger partial charge in [-0.2, -0.15) is 9.41 Å². The topological polar surface area (TPSA) is 83.8 Å². The Morgan fingerprint density at radius 2 is 1.68 bits per heavy atom. The lowest BCUT2D eigenvalue weighted by atomic mass is 10.2. The number of halogens is 2. The second-order valence-electron chi connectivity index (χ2n) is 8.82. The minimum atomic E-state index is -3.83. The Kier molecular flexibility index (Phi) is 7.35. The molecule has 1 atom stereocenters. The summed E-state index contributed by atoms with van der Waals surface area (Å²) in [7, 11) is -3.83. The van der Waals surface area contributed by atoms with E-state index in [1.54, 1.807) is 6.21 Å². The summed E-state index contributed by atoms with van der Waals surface area (Å²) < 4.78 is 29.6. The summed E-state index contributed by atoms with van der Waals surface area (Å²) in [5, 5.41) is 6.29. The molecule has 0 unspecified atom stereocenters. The fourth-order valence-corrected chi connectivity index (χ4v) is 6.48. The van der Waals surface area contributed by atoms with Crippen molar-refractivity contribution in [1.29, 1.82) is 0 Å². The Morgan fingerprint density at radius 3 is 2.41 bits per heavy atom. The van der Waals surface area contributed by atoms with Crippen molar-refractivity contribution in [2.75, 3.05) is 6.54 Å². The van der Waals surface area contributed by atoms with E-state index < -0.39 is 22.0 Å². The summed E-state index contributed by atoms with van der Waals surface area (Å²) in [6.07, 6.45) is 4.58. The number of amides is 1. The van der Waals surface area contributed by atoms with E-state index in [0.29, 0.717) is 29.4 Å². The van der Waals surface area contributed by atoms with Crippen molar-refractivity contribution in [3.8, 4) is 0 Å². The zero-order chi connectivity index (χ0) is 26.0. The molecule has 1 amide bonds. The van der Waals surface area contributed by atoms with E-state index in [2.05, 4.69) is 15.1 Å². The molecule has 1 N–H and O–H groups in total. The molecule has 0 radical (unpaired) electrons. The van der Waals surface area contributed by atoms with E-state index in [9.17, 15) is 13.2 Å². The molecule has 0 bridgehead atoms. The number of aromatic nitrogens is 1. The molecule has 7 nitrogen and oxygen atoms in total. The van der Waals surface area contributed by atoms with Crippen LogP contribution >= 0.6 is 23.2 Å². The van der Waals surface area contributed by atoms with Crippen LogP contribution in [0, 0.1) is 0 Å². The third-order valence-corrected chi connectivity index (χ3v) is 8.82. The normalized spacial score (nSPS) is 16.5. The highest BCUT2D eigenvalue weighted by molar-refractivity contribution is 7.89. The first-order valence-electron chi connectivity index (χ1n) is 11.8. The van der Waals surface area contributed by atoms with Gasteiger partial charge < -0.3 is 4.57 Å². The molecular weight excluding hydrogens is 531 g/mol. The number of hydrogen-bond donors (Lipinski definition) is 1. The Bertz CT molecular complexity index is 1570. The average molecular weight is 555 g/mol. The third-order valence-electron chi connectivity index (χ3n) is 6.39. The highest BCUT2D eigenvalue weighted by atomic mass is 35.5. The number of carbonyl (C=O) groups is 1. The quantitative estimate of drug-likeness (QED) is 0.248. The van der Waals surface area contributed by atoms with Crippen LogP contribution in [0.2, 0.25) is 10.0 Å². The van der Waals surface area contributed by atoms with Crippen LogP contribution in [0.3, 0.4) is 0 Å². The molecule has 4 aromatic rings. The van der Waals surface area contributed by atoms with Crippen LogP contribution in [0.15, 0.2) is 89.0 Å². The van der Waals surface area contributed by atoms with Gasteiger partial charge in [0, 0.05) is 45.8 Å². The predicted molar refractivity (Wildman–Crippen MR) is 147 cm³/mol. The number of nitrogens with one attached hydrogen (secondary N) is 1. The van der Waals surface area contributed by atoms with E-state index >= 15 is 0 Å². The predicted octanol–water partition coefficient (Wildman–Crippen LogP) is 5.30. The zero-order valence-electron chi connectivity index (χ0n) is 19.7. The van der Waals surface area contributed by atoms with Gasteiger partial charge in [-0.25, -0.2) is 13.8 Å². The lowest BCUT2D eigenvalue weighted by Gasteiger charge is -2.22. The number of sulfonamides is 1. The fourth-order valence-electron chi connectivity index (χ4n) is 4.57. The van der Waals surface area contributed by atoms with Crippen molar-refractivity contribution in [2.45, 2.75) is 30.3 Å². The molecule has 0 saturated carbocycles. The van der Waals surface area contributed by atoms with E-state index in [4.69, 9.17) is 23.2 Å². The van der Waals surface area contributed by atoms with Crippen LogP contribution in [0.25, 0.3) is 10.9 Å². The lowest BCUT2D eigenvalue weighted by Crippen LogP contribution is -2.44. The molecule has 1 aliphatic heterocycles. The van der Waals surface area contributed by atoms with Gasteiger partial charge in [-0.05, 0) is 60.9 Å². The maximum absolute atomic E-state index is 13.1. The van der Waals surface area contributed by atoms with Crippen molar-refractivity contribution < 1.29 is 13.2 Å². The fraction of sp³-hybridized carbons (Fsp3) is 0.185. The van der Waals surface area contributed by atoms with Crippen molar-refractivity contribution in [2.24, 2.45) is 5.10 Å². The summed E-state index contributed by atoms with van der Waals surface area (Å²) in [6.45, 7) is 0.919. The van der Waals surface area contributed by atoms with Crippen LogP contribution < -0.4 is 5.43 Å². The number of carbonyl (C=O) groups excluding carboxylic acids is 1. The minimum Gasteiger partial charge on any atom is -0.342 e. The van der Waals surface area contributed by atoms with Gasteiger partial charge in [0.15, 0.2) is 0 Å². The van der Waals surface area contributed by atoms with E-state index in [1.807, 2.05) is 54.7 Å². The Morgan fingerprint density at radius 1 is 1.00 bits per heavy atom. The highest BCUT2D eigenvalue weighted by Gasteiger charge is 2.39. The van der Waals surface area contributed by atoms with Gasteiger partial charge in [0.2, 0.25) is 10.0 Å². The molecule has 3 aromatic carbocycles. The van der Waals surface area contributed by atoms with Crippen molar-refractivity contribution in [3.05, 3.63) is 100 Å². The summed E-state index contributed by atoms with van der Waals surface area (Å²) >= 11 is 11.9. The number of nitrogens with zero attached hydrogens (tertiary/aromatic N) is 3. The zero-order valence-corrected chi connectivity index (χ0v) is 22.0. The summed E-state index contributed by atoms with van der Waals surface area (Å²) in [6, 6.07) is 20.7. The smallest absolute Gasteiger partial charge is 0.258 e. The summed E-state index contributed by atoms with van der Waals surface area (Å²) in [5.74, 6) is -0.462. The average Bonchev–Trinajstić information content (AvgIpc) is 3.52. The number of benzene rings is 3. The lowest BCUT2D eigenvalue weighted by molar-refractivity contribution is -0.124. The second-order valence-corrected chi connectivity index (χ2v) is 11.6.